The summed E-state index contributed by atoms with van der Waals surface area (Å²) in [4.78, 5) is 59.0. The second-order valence-corrected chi connectivity index (χ2v) is 6.53. The van der Waals surface area contributed by atoms with Gasteiger partial charge in [0.1, 0.15) is 0 Å². The summed E-state index contributed by atoms with van der Waals surface area (Å²) in [6, 6.07) is 0. The third kappa shape index (κ3) is 4.70. The van der Waals surface area contributed by atoms with Gasteiger partial charge in [-0.1, -0.05) is 25.7 Å². The highest BCUT2D eigenvalue weighted by molar-refractivity contribution is 5.66. The van der Waals surface area contributed by atoms with Crippen LogP contribution in [0, 0.1) is 5.92 Å². The summed E-state index contributed by atoms with van der Waals surface area (Å²) in [5, 5.41) is 17.6. The van der Waals surface area contributed by atoms with Crippen LogP contribution in [0.25, 0.3) is 0 Å². The van der Waals surface area contributed by atoms with Crippen molar-refractivity contribution in [3.8, 4) is 0 Å². The van der Waals surface area contributed by atoms with E-state index in [1.807, 2.05) is 0 Å². The molecular formula is C16H23N3O7. The fourth-order valence-corrected chi connectivity index (χ4v) is 3.28. The van der Waals surface area contributed by atoms with E-state index in [2.05, 4.69) is 0 Å². The standard InChI is InChI=1S/C16H23N3O7/c20-12(21)6-9-18-14(24)17(8-5-11-3-1-2-4-11)15(25)19(16(18)26)10-7-13(22)23/h11H,1-10H2,(H,20,21)(H,22,23). The molecule has 1 aromatic rings. The van der Waals surface area contributed by atoms with Crippen LogP contribution in [0.4, 0.5) is 0 Å². The second kappa shape index (κ2) is 8.63. The van der Waals surface area contributed by atoms with Gasteiger partial charge in [0.25, 0.3) is 0 Å². The molecule has 1 aromatic heterocycles. The molecule has 1 aliphatic carbocycles. The summed E-state index contributed by atoms with van der Waals surface area (Å²) >= 11 is 0. The first-order valence-corrected chi connectivity index (χ1v) is 8.69. The fraction of sp³-hybridized carbons (Fsp3) is 0.688. The SMILES string of the molecule is O=C(O)CCn1c(=O)n(CCC(=O)O)c(=O)n(CCC2CCCC2)c1=O. The average Bonchev–Trinajstić information content (AvgIpc) is 3.07. The highest BCUT2D eigenvalue weighted by atomic mass is 16.4. The molecule has 0 bridgehead atoms. The van der Waals surface area contributed by atoms with Crippen LogP contribution in [-0.4, -0.2) is 35.9 Å². The van der Waals surface area contributed by atoms with E-state index in [4.69, 9.17) is 10.2 Å². The molecule has 1 saturated carbocycles. The Hall–Kier alpha value is -2.65. The lowest BCUT2D eigenvalue weighted by Gasteiger charge is -2.14. The van der Waals surface area contributed by atoms with Crippen LogP contribution in [0.2, 0.25) is 0 Å². The molecule has 1 fully saturated rings. The first kappa shape index (κ1) is 19.7. The molecule has 144 valence electrons. The molecule has 0 aliphatic heterocycles. The minimum atomic E-state index is -1.18. The summed E-state index contributed by atoms with van der Waals surface area (Å²) in [5.41, 5.74) is -2.66. The zero-order valence-corrected chi connectivity index (χ0v) is 14.4. The third-order valence-electron chi connectivity index (χ3n) is 4.72. The molecule has 2 rings (SSSR count). The number of nitrogens with zero attached hydrogens (tertiary/aromatic N) is 3. The molecule has 0 spiro atoms. The van der Waals surface area contributed by atoms with Crippen LogP contribution in [0.1, 0.15) is 44.9 Å². The number of aromatic nitrogens is 3. The molecule has 1 heterocycles. The largest absolute Gasteiger partial charge is 0.481 e. The maximum atomic E-state index is 12.5. The van der Waals surface area contributed by atoms with Crippen molar-refractivity contribution in [2.45, 2.75) is 64.6 Å². The van der Waals surface area contributed by atoms with E-state index in [0.717, 1.165) is 30.3 Å². The van der Waals surface area contributed by atoms with Crippen LogP contribution in [0.15, 0.2) is 14.4 Å². The lowest BCUT2D eigenvalue weighted by Crippen LogP contribution is -2.55. The normalized spacial score (nSPS) is 14.6. The first-order valence-electron chi connectivity index (χ1n) is 8.69. The quantitative estimate of drug-likeness (QED) is 0.609. The Balaban J connectivity index is 2.40. The molecule has 0 unspecified atom stereocenters. The van der Waals surface area contributed by atoms with Crippen molar-refractivity contribution in [3.05, 3.63) is 31.5 Å². The fourth-order valence-electron chi connectivity index (χ4n) is 3.28. The molecule has 0 aromatic carbocycles. The van der Waals surface area contributed by atoms with Gasteiger partial charge in [0.2, 0.25) is 0 Å². The van der Waals surface area contributed by atoms with Crippen molar-refractivity contribution >= 4 is 11.9 Å². The van der Waals surface area contributed by atoms with Gasteiger partial charge in [0.15, 0.2) is 0 Å². The monoisotopic (exact) mass is 369 g/mol. The van der Waals surface area contributed by atoms with E-state index in [1.165, 1.54) is 0 Å². The highest BCUT2D eigenvalue weighted by Gasteiger charge is 2.19. The summed E-state index contributed by atoms with van der Waals surface area (Å²) in [5.74, 6) is -1.96. The molecule has 0 amide bonds. The number of carboxylic acids is 2. The molecule has 0 radical (unpaired) electrons. The maximum Gasteiger partial charge on any atom is 0.336 e. The Labute approximate surface area is 148 Å². The van der Waals surface area contributed by atoms with Gasteiger partial charge in [-0.25, -0.2) is 28.1 Å². The molecule has 0 atom stereocenters. The molecular weight excluding hydrogens is 346 g/mol. The van der Waals surface area contributed by atoms with Gasteiger partial charge in [0.05, 0.1) is 12.8 Å². The lowest BCUT2D eigenvalue weighted by atomic mass is 10.0. The number of rotatable bonds is 9. The third-order valence-corrected chi connectivity index (χ3v) is 4.72. The average molecular weight is 369 g/mol. The van der Waals surface area contributed by atoms with E-state index < -0.39 is 41.8 Å². The van der Waals surface area contributed by atoms with Gasteiger partial charge >= 0.3 is 29.0 Å². The van der Waals surface area contributed by atoms with Crippen molar-refractivity contribution in [3.63, 3.8) is 0 Å². The van der Waals surface area contributed by atoms with E-state index in [9.17, 15) is 24.0 Å². The molecule has 10 heteroatoms. The number of carbonyl (C=O) groups is 2. The van der Waals surface area contributed by atoms with Crippen molar-refractivity contribution in [1.29, 1.82) is 0 Å². The van der Waals surface area contributed by atoms with E-state index in [-0.39, 0.29) is 19.6 Å². The molecule has 2 N–H and O–H groups in total. The van der Waals surface area contributed by atoms with Gasteiger partial charge in [-0.05, 0) is 12.3 Å². The van der Waals surface area contributed by atoms with E-state index >= 15 is 0 Å². The Morgan fingerprint density at radius 1 is 0.769 bits per heavy atom. The number of hydrogen-bond acceptors (Lipinski definition) is 5. The molecule has 1 aliphatic rings. The van der Waals surface area contributed by atoms with Gasteiger partial charge in [-0.2, -0.15) is 0 Å². The smallest absolute Gasteiger partial charge is 0.336 e. The first-order chi connectivity index (χ1) is 12.3. The van der Waals surface area contributed by atoms with Crippen LogP contribution in [-0.2, 0) is 29.2 Å². The number of aliphatic carboxylic acids is 2. The zero-order valence-electron chi connectivity index (χ0n) is 14.4. The predicted octanol–water partition coefficient (Wildman–Crippen LogP) is -0.299. The maximum absolute atomic E-state index is 12.5. The zero-order chi connectivity index (χ0) is 19.3. The van der Waals surface area contributed by atoms with Crippen LogP contribution in [0.3, 0.4) is 0 Å². The Bertz CT molecular complexity index is 787. The minimum Gasteiger partial charge on any atom is -0.481 e. The Kier molecular flexibility index (Phi) is 6.53. The minimum absolute atomic E-state index is 0.128. The highest BCUT2D eigenvalue weighted by Crippen LogP contribution is 2.27. The Morgan fingerprint density at radius 2 is 1.15 bits per heavy atom. The van der Waals surface area contributed by atoms with Crippen LogP contribution >= 0.6 is 0 Å². The Morgan fingerprint density at radius 3 is 1.54 bits per heavy atom. The summed E-state index contributed by atoms with van der Waals surface area (Å²) in [7, 11) is 0. The van der Waals surface area contributed by atoms with Gasteiger partial charge in [0, 0.05) is 19.6 Å². The molecule has 26 heavy (non-hydrogen) atoms. The van der Waals surface area contributed by atoms with Gasteiger partial charge in [-0.3, -0.25) is 9.59 Å². The van der Waals surface area contributed by atoms with Crippen molar-refractivity contribution in [2.24, 2.45) is 5.92 Å². The summed E-state index contributed by atoms with van der Waals surface area (Å²) in [6.45, 7) is -0.615. The summed E-state index contributed by atoms with van der Waals surface area (Å²) < 4.78 is 2.32. The predicted molar refractivity (Wildman–Crippen MR) is 90.3 cm³/mol. The molecule has 10 nitrogen and oxygen atoms in total. The van der Waals surface area contributed by atoms with Crippen LogP contribution in [0.5, 0.6) is 0 Å². The van der Waals surface area contributed by atoms with E-state index in [0.29, 0.717) is 21.5 Å². The second-order valence-electron chi connectivity index (χ2n) is 6.53. The number of carboxylic acid groups (broad SMARTS) is 2. The van der Waals surface area contributed by atoms with E-state index in [1.54, 1.807) is 0 Å². The topological polar surface area (TPSA) is 141 Å². The van der Waals surface area contributed by atoms with Gasteiger partial charge < -0.3 is 10.2 Å². The summed E-state index contributed by atoms with van der Waals surface area (Å²) in [6.07, 6.45) is 4.00. The lowest BCUT2D eigenvalue weighted by molar-refractivity contribution is -0.138. The van der Waals surface area contributed by atoms with Crippen molar-refractivity contribution in [1.82, 2.24) is 13.7 Å². The van der Waals surface area contributed by atoms with Crippen LogP contribution < -0.4 is 17.1 Å². The van der Waals surface area contributed by atoms with Gasteiger partial charge in [-0.15, -0.1) is 0 Å². The van der Waals surface area contributed by atoms with Crippen molar-refractivity contribution < 1.29 is 19.8 Å². The molecule has 0 saturated heterocycles. The van der Waals surface area contributed by atoms with Crippen molar-refractivity contribution in [2.75, 3.05) is 0 Å². The number of hydrogen-bond donors (Lipinski definition) is 2.